The standard InChI is InChI=1S/C8H8F3NS/c9-8(10,11)7-2-1-6(13-7)4-3-5(4)12/h1-2,4-5H,3,12H2. The summed E-state index contributed by atoms with van der Waals surface area (Å²) in [7, 11) is 0. The molecule has 0 aliphatic heterocycles. The number of nitrogens with two attached hydrogens (primary N) is 1. The summed E-state index contributed by atoms with van der Waals surface area (Å²) in [5.74, 6) is 0.168. The van der Waals surface area contributed by atoms with Crippen LogP contribution >= 0.6 is 11.3 Å². The zero-order valence-corrected chi connectivity index (χ0v) is 7.45. The Hall–Kier alpha value is -0.550. The molecule has 0 bridgehead atoms. The van der Waals surface area contributed by atoms with Gasteiger partial charge in [-0.1, -0.05) is 0 Å². The summed E-state index contributed by atoms with van der Waals surface area (Å²) in [6.07, 6.45) is -3.39. The van der Waals surface area contributed by atoms with E-state index in [0.29, 0.717) is 0 Å². The molecular formula is C8H8F3NS. The second-order valence-electron chi connectivity index (χ2n) is 3.21. The molecule has 0 spiro atoms. The zero-order chi connectivity index (χ0) is 9.64. The minimum atomic E-state index is -4.21. The summed E-state index contributed by atoms with van der Waals surface area (Å²) in [6.45, 7) is 0. The molecule has 2 atom stereocenters. The summed E-state index contributed by atoms with van der Waals surface area (Å²) in [4.78, 5) is 0.237. The normalized spacial score (nSPS) is 27.7. The molecule has 1 aliphatic carbocycles. The molecule has 72 valence electrons. The van der Waals surface area contributed by atoms with E-state index < -0.39 is 11.1 Å². The highest BCUT2D eigenvalue weighted by Crippen LogP contribution is 2.45. The lowest BCUT2D eigenvalue weighted by Crippen LogP contribution is -2.01. The van der Waals surface area contributed by atoms with Crippen LogP contribution < -0.4 is 5.73 Å². The van der Waals surface area contributed by atoms with Crippen LogP contribution in [0.2, 0.25) is 0 Å². The van der Waals surface area contributed by atoms with Gasteiger partial charge in [0.1, 0.15) is 4.88 Å². The lowest BCUT2D eigenvalue weighted by Gasteiger charge is -2.00. The highest BCUT2D eigenvalue weighted by Gasteiger charge is 2.39. The van der Waals surface area contributed by atoms with Crippen molar-refractivity contribution in [3.63, 3.8) is 0 Å². The fourth-order valence-corrected chi connectivity index (χ4v) is 2.31. The van der Waals surface area contributed by atoms with Crippen molar-refractivity contribution in [2.75, 3.05) is 0 Å². The first-order valence-corrected chi connectivity index (χ1v) is 4.72. The van der Waals surface area contributed by atoms with E-state index in [4.69, 9.17) is 5.73 Å². The van der Waals surface area contributed by atoms with Crippen LogP contribution in [-0.2, 0) is 6.18 Å². The molecule has 2 rings (SSSR count). The van der Waals surface area contributed by atoms with Gasteiger partial charge >= 0.3 is 6.18 Å². The molecule has 0 amide bonds. The Morgan fingerprint density at radius 2 is 2.00 bits per heavy atom. The summed E-state index contributed by atoms with van der Waals surface area (Å²) in [5.41, 5.74) is 5.54. The van der Waals surface area contributed by atoms with Gasteiger partial charge in [0.25, 0.3) is 0 Å². The van der Waals surface area contributed by atoms with Crippen molar-refractivity contribution in [2.45, 2.75) is 24.6 Å². The highest BCUT2D eigenvalue weighted by atomic mass is 32.1. The topological polar surface area (TPSA) is 26.0 Å². The Balaban J connectivity index is 2.19. The number of halogens is 3. The van der Waals surface area contributed by atoms with Gasteiger partial charge in [-0.25, -0.2) is 0 Å². The van der Waals surface area contributed by atoms with Gasteiger partial charge in [-0.15, -0.1) is 11.3 Å². The first kappa shape index (κ1) is 9.02. The van der Waals surface area contributed by atoms with Crippen LogP contribution in [0.5, 0.6) is 0 Å². The van der Waals surface area contributed by atoms with Gasteiger partial charge in [0.15, 0.2) is 0 Å². The van der Waals surface area contributed by atoms with Crippen LogP contribution in [0.1, 0.15) is 22.1 Å². The van der Waals surface area contributed by atoms with Crippen LogP contribution in [0.25, 0.3) is 0 Å². The van der Waals surface area contributed by atoms with Crippen molar-refractivity contribution < 1.29 is 13.2 Å². The predicted molar refractivity (Wildman–Crippen MR) is 44.7 cm³/mol. The van der Waals surface area contributed by atoms with Gasteiger partial charge in [0.05, 0.1) is 0 Å². The second kappa shape index (κ2) is 2.72. The Labute approximate surface area is 77.4 Å². The minimum absolute atomic E-state index is 0.0692. The Morgan fingerprint density at radius 1 is 1.38 bits per heavy atom. The number of rotatable bonds is 1. The molecule has 0 saturated heterocycles. The Kier molecular flexibility index (Phi) is 1.89. The van der Waals surface area contributed by atoms with Gasteiger partial charge in [0.2, 0.25) is 0 Å². The maximum absolute atomic E-state index is 12.2. The number of hydrogen-bond donors (Lipinski definition) is 1. The number of alkyl halides is 3. The second-order valence-corrected chi connectivity index (χ2v) is 4.32. The molecule has 1 aromatic rings. The monoisotopic (exact) mass is 207 g/mol. The van der Waals surface area contributed by atoms with Crippen molar-refractivity contribution >= 4 is 11.3 Å². The number of thiophene rings is 1. The van der Waals surface area contributed by atoms with Crippen LogP contribution in [0, 0.1) is 0 Å². The van der Waals surface area contributed by atoms with E-state index >= 15 is 0 Å². The van der Waals surface area contributed by atoms with E-state index in [9.17, 15) is 13.2 Å². The summed E-state index contributed by atoms with van der Waals surface area (Å²) < 4.78 is 36.5. The molecule has 2 unspecified atom stereocenters. The average Bonchev–Trinajstić information content (AvgIpc) is 2.57. The Bertz CT molecular complexity index is 317. The lowest BCUT2D eigenvalue weighted by atomic mass is 10.3. The lowest BCUT2D eigenvalue weighted by molar-refractivity contribution is -0.134. The third-order valence-corrected chi connectivity index (χ3v) is 3.37. The van der Waals surface area contributed by atoms with Crippen LogP contribution in [0.4, 0.5) is 13.2 Å². The summed E-state index contributed by atoms with van der Waals surface area (Å²) >= 11 is 0.809. The highest BCUT2D eigenvalue weighted by molar-refractivity contribution is 7.12. The van der Waals surface area contributed by atoms with Gasteiger partial charge in [-0.3, -0.25) is 0 Å². The molecule has 0 radical (unpaired) electrons. The SMILES string of the molecule is NC1CC1c1ccc(C(F)(F)F)s1. The van der Waals surface area contributed by atoms with Crippen molar-refractivity contribution in [2.24, 2.45) is 5.73 Å². The third-order valence-electron chi connectivity index (χ3n) is 2.11. The fraction of sp³-hybridized carbons (Fsp3) is 0.500. The molecule has 1 nitrogen and oxygen atoms in total. The van der Waals surface area contributed by atoms with E-state index in [0.717, 1.165) is 28.7 Å². The van der Waals surface area contributed by atoms with E-state index in [2.05, 4.69) is 0 Å². The summed E-state index contributed by atoms with van der Waals surface area (Å²) in [5, 5.41) is 0. The zero-order valence-electron chi connectivity index (χ0n) is 6.64. The van der Waals surface area contributed by atoms with E-state index in [1.54, 1.807) is 0 Å². The van der Waals surface area contributed by atoms with Crippen LogP contribution in [0.15, 0.2) is 12.1 Å². The average molecular weight is 207 g/mol. The smallest absolute Gasteiger partial charge is 0.327 e. The molecule has 1 fully saturated rings. The molecule has 0 aromatic carbocycles. The Morgan fingerprint density at radius 3 is 2.38 bits per heavy atom. The molecule has 2 N–H and O–H groups in total. The predicted octanol–water partition coefficient (Wildman–Crippen LogP) is 2.58. The van der Waals surface area contributed by atoms with Gasteiger partial charge in [-0.05, 0) is 18.6 Å². The third kappa shape index (κ3) is 1.71. The summed E-state index contributed by atoms with van der Waals surface area (Å²) in [6, 6.07) is 2.73. The molecule has 1 saturated carbocycles. The van der Waals surface area contributed by atoms with E-state index in [-0.39, 0.29) is 12.0 Å². The van der Waals surface area contributed by atoms with Crippen molar-refractivity contribution in [1.29, 1.82) is 0 Å². The van der Waals surface area contributed by atoms with Gasteiger partial charge in [-0.2, -0.15) is 13.2 Å². The van der Waals surface area contributed by atoms with Crippen molar-refractivity contribution in [3.05, 3.63) is 21.9 Å². The molecule has 13 heavy (non-hydrogen) atoms. The van der Waals surface area contributed by atoms with Crippen LogP contribution in [0.3, 0.4) is 0 Å². The quantitative estimate of drug-likeness (QED) is 0.752. The molecule has 1 aromatic heterocycles. The first-order chi connectivity index (χ1) is 5.98. The maximum Gasteiger partial charge on any atom is 0.425 e. The minimum Gasteiger partial charge on any atom is -0.327 e. The largest absolute Gasteiger partial charge is 0.425 e. The fourth-order valence-electron chi connectivity index (χ4n) is 1.25. The molecular weight excluding hydrogens is 199 g/mol. The first-order valence-electron chi connectivity index (χ1n) is 3.91. The van der Waals surface area contributed by atoms with Crippen molar-refractivity contribution in [1.82, 2.24) is 0 Å². The van der Waals surface area contributed by atoms with Gasteiger partial charge in [0, 0.05) is 16.8 Å². The molecule has 1 aliphatic rings. The van der Waals surface area contributed by atoms with E-state index in [1.807, 2.05) is 0 Å². The van der Waals surface area contributed by atoms with Crippen molar-refractivity contribution in [3.8, 4) is 0 Å². The maximum atomic E-state index is 12.2. The molecule has 1 heterocycles. The van der Waals surface area contributed by atoms with E-state index in [1.165, 1.54) is 6.07 Å². The number of hydrogen-bond acceptors (Lipinski definition) is 2. The van der Waals surface area contributed by atoms with Gasteiger partial charge < -0.3 is 5.73 Å². The van der Waals surface area contributed by atoms with Crippen LogP contribution in [-0.4, -0.2) is 6.04 Å². The molecule has 5 heteroatoms.